The number of carbonyl (C=O) groups excluding carboxylic acids is 2. The number of para-hydroxylation sites is 1. The molecular formula is C28H27N5O2S. The largest absolute Gasteiger partial charge is 0.337 e. The van der Waals surface area contributed by atoms with E-state index in [2.05, 4.69) is 14.7 Å². The highest BCUT2D eigenvalue weighted by molar-refractivity contribution is 8.00. The maximum Gasteiger partial charge on any atom is 0.255 e. The number of amides is 2. The van der Waals surface area contributed by atoms with Gasteiger partial charge < -0.3 is 14.5 Å². The lowest BCUT2D eigenvalue weighted by Crippen LogP contribution is -2.37. The summed E-state index contributed by atoms with van der Waals surface area (Å²) in [6.07, 6.45) is 4.23. The van der Waals surface area contributed by atoms with Crippen molar-refractivity contribution in [1.82, 2.24) is 19.8 Å². The number of aryl methyl sites for hydroxylation is 1. The number of nitrogens with one attached hydrogen (secondary N) is 1. The first-order valence-electron chi connectivity index (χ1n) is 12.0. The van der Waals surface area contributed by atoms with E-state index in [1.807, 2.05) is 77.4 Å². The molecule has 0 saturated carbocycles. The van der Waals surface area contributed by atoms with Crippen LogP contribution < -0.4 is 4.72 Å². The maximum atomic E-state index is 13.2. The van der Waals surface area contributed by atoms with Crippen molar-refractivity contribution in [1.29, 1.82) is 0 Å². The van der Waals surface area contributed by atoms with Crippen LogP contribution in [0.25, 0.3) is 10.9 Å². The van der Waals surface area contributed by atoms with Gasteiger partial charge in [0.15, 0.2) is 0 Å². The zero-order valence-corrected chi connectivity index (χ0v) is 20.9. The van der Waals surface area contributed by atoms with Gasteiger partial charge in [-0.3, -0.25) is 19.6 Å². The van der Waals surface area contributed by atoms with E-state index in [9.17, 15) is 9.59 Å². The lowest BCUT2D eigenvalue weighted by Gasteiger charge is -2.23. The Balaban J connectivity index is 1.19. The SMILES string of the molecule is Cc1ncccc1C(=O)N1CCCN(C(=O)c2ccc(NSc3cccc4cccnc34)cc2)CC1. The highest BCUT2D eigenvalue weighted by atomic mass is 32.2. The van der Waals surface area contributed by atoms with Gasteiger partial charge in [0.1, 0.15) is 0 Å². The minimum Gasteiger partial charge on any atom is -0.337 e. The van der Waals surface area contributed by atoms with E-state index in [-0.39, 0.29) is 11.8 Å². The number of hydrogen-bond donors (Lipinski definition) is 1. The van der Waals surface area contributed by atoms with Crippen LogP contribution in [-0.4, -0.2) is 57.8 Å². The van der Waals surface area contributed by atoms with E-state index in [1.54, 1.807) is 18.5 Å². The molecule has 7 nitrogen and oxygen atoms in total. The molecule has 1 N–H and O–H groups in total. The van der Waals surface area contributed by atoms with Crippen molar-refractivity contribution >= 4 is 40.4 Å². The number of carbonyl (C=O) groups is 2. The van der Waals surface area contributed by atoms with Crippen LogP contribution in [-0.2, 0) is 0 Å². The van der Waals surface area contributed by atoms with Gasteiger partial charge in [0.05, 0.1) is 16.0 Å². The van der Waals surface area contributed by atoms with Crippen LogP contribution in [0.15, 0.2) is 84.0 Å². The number of fused-ring (bicyclic) bond motifs is 1. The van der Waals surface area contributed by atoms with E-state index in [0.717, 1.165) is 33.6 Å². The van der Waals surface area contributed by atoms with E-state index in [0.29, 0.717) is 37.3 Å². The van der Waals surface area contributed by atoms with Crippen molar-refractivity contribution < 1.29 is 9.59 Å². The summed E-state index contributed by atoms with van der Waals surface area (Å²) in [4.78, 5) is 39.6. The molecule has 8 heteroatoms. The molecule has 2 aromatic carbocycles. The second kappa shape index (κ2) is 10.8. The molecule has 1 aliphatic rings. The predicted octanol–water partition coefficient (Wildman–Crippen LogP) is 5.05. The Morgan fingerprint density at radius 3 is 2.28 bits per heavy atom. The summed E-state index contributed by atoms with van der Waals surface area (Å²) in [6.45, 7) is 4.11. The Morgan fingerprint density at radius 2 is 1.50 bits per heavy atom. The summed E-state index contributed by atoms with van der Waals surface area (Å²) in [6, 6.07) is 21.2. The quantitative estimate of drug-likeness (QED) is 0.389. The zero-order chi connectivity index (χ0) is 24.9. The van der Waals surface area contributed by atoms with Crippen molar-refractivity contribution in [2.75, 3.05) is 30.9 Å². The van der Waals surface area contributed by atoms with E-state index >= 15 is 0 Å². The van der Waals surface area contributed by atoms with Gasteiger partial charge in [-0.2, -0.15) is 0 Å². The molecule has 1 fully saturated rings. The van der Waals surface area contributed by atoms with Crippen LogP contribution >= 0.6 is 11.9 Å². The fraction of sp³-hybridized carbons (Fsp3) is 0.214. The van der Waals surface area contributed by atoms with Crippen molar-refractivity contribution in [3.05, 3.63) is 95.9 Å². The Hall–Kier alpha value is -3.91. The monoisotopic (exact) mass is 497 g/mol. The molecule has 0 radical (unpaired) electrons. The molecule has 182 valence electrons. The molecule has 0 atom stereocenters. The lowest BCUT2D eigenvalue weighted by molar-refractivity contribution is 0.0718. The van der Waals surface area contributed by atoms with Crippen molar-refractivity contribution in [3.63, 3.8) is 0 Å². The van der Waals surface area contributed by atoms with Crippen LogP contribution in [0.4, 0.5) is 5.69 Å². The smallest absolute Gasteiger partial charge is 0.255 e. The number of aromatic nitrogens is 2. The van der Waals surface area contributed by atoms with Gasteiger partial charge in [0, 0.05) is 60.9 Å². The van der Waals surface area contributed by atoms with Gasteiger partial charge in [0.2, 0.25) is 0 Å². The molecule has 36 heavy (non-hydrogen) atoms. The molecule has 1 aliphatic heterocycles. The highest BCUT2D eigenvalue weighted by Gasteiger charge is 2.24. The molecule has 0 unspecified atom stereocenters. The third-order valence-corrected chi connectivity index (χ3v) is 7.20. The van der Waals surface area contributed by atoms with Crippen LogP contribution in [0.1, 0.15) is 32.8 Å². The summed E-state index contributed by atoms with van der Waals surface area (Å²) < 4.78 is 3.35. The minimum absolute atomic E-state index is 0.0145. The Kier molecular flexibility index (Phi) is 7.13. The molecule has 0 bridgehead atoms. The molecule has 2 aromatic heterocycles. The summed E-state index contributed by atoms with van der Waals surface area (Å²) >= 11 is 1.50. The Labute approximate surface area is 214 Å². The second-order valence-electron chi connectivity index (χ2n) is 8.69. The number of pyridine rings is 2. The second-order valence-corrected chi connectivity index (χ2v) is 9.54. The van der Waals surface area contributed by atoms with Gasteiger partial charge in [-0.25, -0.2) is 0 Å². The first-order valence-corrected chi connectivity index (χ1v) is 12.8. The minimum atomic E-state index is -0.0239. The summed E-state index contributed by atoms with van der Waals surface area (Å²) in [5.41, 5.74) is 3.85. The highest BCUT2D eigenvalue weighted by Crippen LogP contribution is 2.27. The van der Waals surface area contributed by atoms with E-state index in [4.69, 9.17) is 0 Å². The zero-order valence-electron chi connectivity index (χ0n) is 20.1. The van der Waals surface area contributed by atoms with Crippen LogP contribution in [0.5, 0.6) is 0 Å². The molecule has 0 aliphatic carbocycles. The van der Waals surface area contributed by atoms with Crippen molar-refractivity contribution in [3.8, 4) is 0 Å². The predicted molar refractivity (Wildman–Crippen MR) is 143 cm³/mol. The maximum absolute atomic E-state index is 13.2. The molecule has 4 aromatic rings. The third-order valence-electron chi connectivity index (χ3n) is 6.31. The van der Waals surface area contributed by atoms with Gasteiger partial charge in [0.25, 0.3) is 11.8 Å². The number of rotatable bonds is 5. The number of anilines is 1. The van der Waals surface area contributed by atoms with Crippen LogP contribution in [0, 0.1) is 6.92 Å². The molecular weight excluding hydrogens is 470 g/mol. The summed E-state index contributed by atoms with van der Waals surface area (Å²) in [5, 5.41) is 1.10. The Bertz CT molecular complexity index is 1390. The van der Waals surface area contributed by atoms with Gasteiger partial charge in [-0.05, 0) is 73.8 Å². The molecule has 0 spiro atoms. The van der Waals surface area contributed by atoms with Crippen LogP contribution in [0.3, 0.4) is 0 Å². The van der Waals surface area contributed by atoms with E-state index in [1.165, 1.54) is 11.9 Å². The molecule has 2 amide bonds. The summed E-state index contributed by atoms with van der Waals surface area (Å²) in [7, 11) is 0. The van der Waals surface area contributed by atoms with Crippen molar-refractivity contribution in [2.24, 2.45) is 0 Å². The fourth-order valence-electron chi connectivity index (χ4n) is 4.34. The normalized spacial score (nSPS) is 13.9. The molecule has 5 rings (SSSR count). The third kappa shape index (κ3) is 5.18. The lowest BCUT2D eigenvalue weighted by atomic mass is 10.1. The van der Waals surface area contributed by atoms with E-state index < -0.39 is 0 Å². The topological polar surface area (TPSA) is 78.4 Å². The van der Waals surface area contributed by atoms with Gasteiger partial charge in [-0.1, -0.05) is 18.2 Å². The average molecular weight is 498 g/mol. The first kappa shape index (κ1) is 23.8. The fourth-order valence-corrected chi connectivity index (χ4v) is 5.12. The van der Waals surface area contributed by atoms with Gasteiger partial charge in [-0.15, -0.1) is 0 Å². The van der Waals surface area contributed by atoms with Gasteiger partial charge >= 0.3 is 0 Å². The van der Waals surface area contributed by atoms with Crippen molar-refractivity contribution in [2.45, 2.75) is 18.2 Å². The van der Waals surface area contributed by atoms with Crippen LogP contribution in [0.2, 0.25) is 0 Å². The molecule has 3 heterocycles. The summed E-state index contributed by atoms with van der Waals surface area (Å²) in [5.74, 6) is -0.0384. The molecule has 1 saturated heterocycles. The Morgan fingerprint density at radius 1 is 0.806 bits per heavy atom. The number of nitrogens with zero attached hydrogens (tertiary/aromatic N) is 4. The standard InChI is InChI=1S/C28H27N5O2S/c1-20-24(8-4-14-29-20)28(35)33-17-5-16-32(18-19-33)27(34)22-10-12-23(13-11-22)31-36-25-9-2-6-21-7-3-15-30-26(21)25/h2-4,6-15,31H,5,16-19H2,1H3. The number of hydrogen-bond acceptors (Lipinski definition) is 6. The number of benzene rings is 2. The first-order chi connectivity index (χ1) is 17.6. The average Bonchev–Trinajstić information content (AvgIpc) is 3.18.